The summed E-state index contributed by atoms with van der Waals surface area (Å²) in [6.07, 6.45) is 10.8. The Bertz CT molecular complexity index is 1620. The number of anilines is 1. The molecule has 5 aromatic rings. The van der Waals surface area contributed by atoms with Gasteiger partial charge in [0, 0.05) is 23.4 Å². The number of rotatable bonds is 3. The smallest absolute Gasteiger partial charge is 0.262 e. The number of allylic oxidation sites excluding steroid dienone is 4. The molecule has 6 rings (SSSR count). The molecule has 0 atom stereocenters. The highest BCUT2D eigenvalue weighted by Crippen LogP contribution is 2.48. The van der Waals surface area contributed by atoms with Crippen molar-refractivity contribution in [3.8, 4) is 0 Å². The predicted molar refractivity (Wildman–Crippen MR) is 145 cm³/mol. The molecular formula is C29H23N2S2+. The van der Waals surface area contributed by atoms with E-state index < -0.39 is 0 Å². The molecule has 4 heteroatoms. The minimum absolute atomic E-state index is 1.24. The van der Waals surface area contributed by atoms with Gasteiger partial charge in [-0.25, -0.2) is 0 Å². The molecule has 33 heavy (non-hydrogen) atoms. The zero-order valence-corrected chi connectivity index (χ0v) is 20.2. The molecule has 0 unspecified atom stereocenters. The number of thioether (sulfide) groups is 1. The van der Waals surface area contributed by atoms with Crippen molar-refractivity contribution in [3.63, 3.8) is 0 Å². The minimum atomic E-state index is 1.24. The standard InChI is InChI=1S/C29H23N2S2/c1-30-26(32-24-18-16-20-10-6-8-12-22(20)28(24)30)14-4-3-5-15-27-31(2)29-23-13-9-7-11-21(23)17-19-25(29)33-27/h3-19H,1-2H3/q+1. The largest absolute Gasteiger partial charge is 0.338 e. The molecule has 1 aliphatic rings. The first-order chi connectivity index (χ1) is 16.2. The fraction of sp³-hybridized carbons (Fsp3) is 0.0690. The normalized spacial score (nSPS) is 15.2. The Morgan fingerprint density at radius 1 is 0.788 bits per heavy atom. The van der Waals surface area contributed by atoms with Crippen molar-refractivity contribution in [2.75, 3.05) is 11.9 Å². The van der Waals surface area contributed by atoms with Crippen LogP contribution in [0.3, 0.4) is 0 Å². The van der Waals surface area contributed by atoms with Crippen molar-refractivity contribution in [1.82, 2.24) is 0 Å². The van der Waals surface area contributed by atoms with Gasteiger partial charge < -0.3 is 4.90 Å². The number of hydrogen-bond acceptors (Lipinski definition) is 3. The second-order valence-corrected chi connectivity index (χ2v) is 10.3. The number of aromatic nitrogens is 1. The summed E-state index contributed by atoms with van der Waals surface area (Å²) in [5.74, 6) is 0. The number of hydrogen-bond donors (Lipinski definition) is 0. The van der Waals surface area contributed by atoms with E-state index in [2.05, 4.69) is 127 Å². The Morgan fingerprint density at radius 3 is 2.36 bits per heavy atom. The first kappa shape index (κ1) is 20.3. The van der Waals surface area contributed by atoms with Crippen LogP contribution in [0.5, 0.6) is 0 Å². The van der Waals surface area contributed by atoms with Crippen LogP contribution >= 0.6 is 23.1 Å². The third-order valence-electron chi connectivity index (χ3n) is 6.19. The molecule has 0 aliphatic carbocycles. The van der Waals surface area contributed by atoms with Crippen molar-refractivity contribution in [1.29, 1.82) is 0 Å². The maximum absolute atomic E-state index is 2.30. The van der Waals surface area contributed by atoms with Gasteiger partial charge in [0.1, 0.15) is 11.7 Å². The fourth-order valence-corrected chi connectivity index (χ4v) is 6.70. The molecule has 2 heterocycles. The second kappa shape index (κ2) is 8.22. The van der Waals surface area contributed by atoms with Gasteiger partial charge in [-0.2, -0.15) is 4.57 Å². The topological polar surface area (TPSA) is 7.12 Å². The Kier molecular flexibility index (Phi) is 5.05. The van der Waals surface area contributed by atoms with Crippen LogP contribution in [0, 0.1) is 0 Å². The average molecular weight is 464 g/mol. The number of nitrogens with zero attached hydrogens (tertiary/aromatic N) is 2. The van der Waals surface area contributed by atoms with Crippen molar-refractivity contribution >= 4 is 66.6 Å². The van der Waals surface area contributed by atoms with E-state index in [1.54, 1.807) is 0 Å². The molecular weight excluding hydrogens is 440 g/mol. The molecule has 1 aliphatic heterocycles. The van der Waals surface area contributed by atoms with Crippen LogP contribution in [-0.2, 0) is 7.05 Å². The van der Waals surface area contributed by atoms with Crippen LogP contribution < -0.4 is 9.47 Å². The van der Waals surface area contributed by atoms with Crippen molar-refractivity contribution in [3.05, 3.63) is 107 Å². The maximum Gasteiger partial charge on any atom is 0.262 e. The lowest BCUT2D eigenvalue weighted by Crippen LogP contribution is -2.29. The summed E-state index contributed by atoms with van der Waals surface area (Å²) < 4.78 is 3.61. The van der Waals surface area contributed by atoms with Gasteiger partial charge in [-0.15, -0.1) is 0 Å². The Labute approximate surface area is 201 Å². The van der Waals surface area contributed by atoms with E-state index in [9.17, 15) is 0 Å². The van der Waals surface area contributed by atoms with Crippen LogP contribution in [0.1, 0.15) is 5.01 Å². The summed E-state index contributed by atoms with van der Waals surface area (Å²) >= 11 is 3.66. The summed E-state index contributed by atoms with van der Waals surface area (Å²) in [7, 11) is 4.31. The monoisotopic (exact) mass is 463 g/mol. The molecule has 0 bridgehead atoms. The highest BCUT2D eigenvalue weighted by Gasteiger charge is 2.23. The minimum Gasteiger partial charge on any atom is -0.338 e. The number of fused-ring (bicyclic) bond motifs is 6. The van der Waals surface area contributed by atoms with Crippen molar-refractivity contribution in [2.45, 2.75) is 4.90 Å². The Balaban J connectivity index is 1.25. The first-order valence-corrected chi connectivity index (χ1v) is 12.6. The van der Waals surface area contributed by atoms with Crippen molar-refractivity contribution < 1.29 is 4.57 Å². The lowest BCUT2D eigenvalue weighted by atomic mass is 10.1. The first-order valence-electron chi connectivity index (χ1n) is 11.0. The summed E-state index contributed by atoms with van der Waals surface area (Å²) in [6.45, 7) is 0. The summed E-state index contributed by atoms with van der Waals surface area (Å²) in [4.78, 5) is 3.61. The van der Waals surface area contributed by atoms with Gasteiger partial charge in [-0.1, -0.05) is 95.9 Å². The zero-order valence-electron chi connectivity index (χ0n) is 18.5. The van der Waals surface area contributed by atoms with E-state index in [0.717, 1.165) is 0 Å². The number of benzene rings is 4. The van der Waals surface area contributed by atoms with Crippen LogP contribution in [0.25, 0.3) is 37.8 Å². The fourth-order valence-electron chi connectivity index (χ4n) is 4.54. The van der Waals surface area contributed by atoms with E-state index >= 15 is 0 Å². The average Bonchev–Trinajstić information content (AvgIpc) is 3.35. The number of aryl methyl sites for hydroxylation is 1. The quantitative estimate of drug-likeness (QED) is 0.200. The molecule has 4 aromatic carbocycles. The molecule has 2 nitrogen and oxygen atoms in total. The third kappa shape index (κ3) is 3.47. The molecule has 0 saturated heterocycles. The van der Waals surface area contributed by atoms with Gasteiger partial charge >= 0.3 is 0 Å². The summed E-state index contributed by atoms with van der Waals surface area (Å²) in [5.41, 5.74) is 2.61. The maximum atomic E-state index is 2.30. The van der Waals surface area contributed by atoms with Gasteiger partial charge in [0.25, 0.3) is 5.01 Å². The summed E-state index contributed by atoms with van der Waals surface area (Å²) in [6, 6.07) is 26.1. The van der Waals surface area contributed by atoms with Gasteiger partial charge in [0.15, 0.2) is 0 Å². The second-order valence-electron chi connectivity index (χ2n) is 8.18. The van der Waals surface area contributed by atoms with E-state index in [0.29, 0.717) is 0 Å². The molecule has 0 saturated carbocycles. The van der Waals surface area contributed by atoms with Gasteiger partial charge in [0.2, 0.25) is 5.52 Å². The lowest BCUT2D eigenvalue weighted by Gasteiger charge is -2.15. The van der Waals surface area contributed by atoms with Gasteiger partial charge in [-0.05, 0) is 35.0 Å². The highest BCUT2D eigenvalue weighted by atomic mass is 32.2. The number of thiazole rings is 1. The van der Waals surface area contributed by atoms with Crippen LogP contribution in [0.4, 0.5) is 5.69 Å². The van der Waals surface area contributed by atoms with E-state index in [4.69, 9.17) is 0 Å². The third-order valence-corrected chi connectivity index (χ3v) is 8.52. The van der Waals surface area contributed by atoms with Gasteiger partial charge in [0.05, 0.1) is 16.1 Å². The van der Waals surface area contributed by atoms with Crippen LogP contribution in [0.15, 0.2) is 107 Å². The molecule has 0 N–H and O–H groups in total. The molecule has 0 spiro atoms. The Hall–Kier alpha value is -3.34. The predicted octanol–water partition coefficient (Wildman–Crippen LogP) is 7.69. The molecule has 0 amide bonds. The van der Waals surface area contributed by atoms with Gasteiger partial charge in [-0.3, -0.25) is 0 Å². The Morgan fingerprint density at radius 2 is 1.52 bits per heavy atom. The van der Waals surface area contributed by atoms with Crippen LogP contribution in [-0.4, -0.2) is 7.05 Å². The van der Waals surface area contributed by atoms with E-state index in [1.807, 2.05) is 23.1 Å². The van der Waals surface area contributed by atoms with E-state index in [1.165, 1.54) is 52.4 Å². The molecule has 0 radical (unpaired) electrons. The SMILES string of the molecule is CN1/C(=C/C=C/C=C/c2sc3ccc4ccccc4c3[n+]2C)Sc2ccc3ccccc3c21. The van der Waals surface area contributed by atoms with Crippen LogP contribution in [0.2, 0.25) is 0 Å². The van der Waals surface area contributed by atoms with Crippen molar-refractivity contribution in [2.24, 2.45) is 7.05 Å². The molecule has 160 valence electrons. The zero-order chi connectivity index (χ0) is 22.4. The van der Waals surface area contributed by atoms with E-state index in [-0.39, 0.29) is 0 Å². The highest BCUT2D eigenvalue weighted by molar-refractivity contribution is 8.03. The molecule has 1 aromatic heterocycles. The summed E-state index contributed by atoms with van der Waals surface area (Å²) in [5, 5.41) is 7.67. The molecule has 0 fully saturated rings. The lowest BCUT2D eigenvalue weighted by molar-refractivity contribution is -0.641.